The lowest BCUT2D eigenvalue weighted by molar-refractivity contribution is 0.101. The number of hydrogen-bond donors (Lipinski definition) is 0. The maximum absolute atomic E-state index is 13.3. The lowest BCUT2D eigenvalue weighted by atomic mass is 9.98. The molecule has 4 aromatic rings. The molecule has 0 atom stereocenters. The fraction of sp³-hybridized carbons (Fsp3) is 0.0800. The van der Waals surface area contributed by atoms with E-state index in [1.165, 1.54) is 26.0 Å². The molecule has 0 N–H and O–H groups in total. The Morgan fingerprint density at radius 3 is 1.66 bits per heavy atom. The molecule has 4 heteroatoms. The molecule has 0 aromatic heterocycles. The van der Waals surface area contributed by atoms with Crippen LogP contribution < -0.4 is 0 Å². The molecule has 4 rings (SSSR count). The van der Waals surface area contributed by atoms with Gasteiger partial charge in [0.15, 0.2) is 11.6 Å². The molecule has 0 bridgehead atoms. The van der Waals surface area contributed by atoms with Crippen molar-refractivity contribution in [3.8, 4) is 6.07 Å². The van der Waals surface area contributed by atoms with Crippen LogP contribution in [0.5, 0.6) is 0 Å². The number of nitrogens with zero attached hydrogens (tertiary/aromatic N) is 1. The van der Waals surface area contributed by atoms with Crippen molar-refractivity contribution in [2.75, 3.05) is 0 Å². The molecular weight excluding hydrogens is 365 g/mol. The van der Waals surface area contributed by atoms with E-state index in [0.29, 0.717) is 27.5 Å². The van der Waals surface area contributed by atoms with Crippen LogP contribution in [0.3, 0.4) is 0 Å². The maximum Gasteiger partial charge on any atom is 0.160 e. The van der Waals surface area contributed by atoms with Gasteiger partial charge in [-0.2, -0.15) is 5.26 Å². The van der Waals surface area contributed by atoms with Crippen molar-refractivity contribution in [1.29, 1.82) is 5.26 Å². The Bertz CT molecular complexity index is 1290. The van der Waals surface area contributed by atoms with Gasteiger partial charge in [-0.3, -0.25) is 9.59 Å². The molecule has 0 unspecified atom stereocenters. The van der Waals surface area contributed by atoms with Crippen molar-refractivity contribution in [3.05, 3.63) is 95.3 Å². The van der Waals surface area contributed by atoms with E-state index in [9.17, 15) is 14.0 Å². The summed E-state index contributed by atoms with van der Waals surface area (Å²) in [5, 5.41) is 11.8. The monoisotopic (exact) mass is 383 g/mol. The normalized spacial score (nSPS) is 10.1. The summed E-state index contributed by atoms with van der Waals surface area (Å²) in [6.45, 7) is 3.02. The zero-order valence-electron chi connectivity index (χ0n) is 16.1. The molecule has 0 heterocycles. The Labute approximate surface area is 168 Å². The van der Waals surface area contributed by atoms with Crippen LogP contribution in [0.4, 0.5) is 4.39 Å². The summed E-state index contributed by atoms with van der Waals surface area (Å²) in [4.78, 5) is 22.6. The summed E-state index contributed by atoms with van der Waals surface area (Å²) in [6, 6.07) is 22.9. The Morgan fingerprint density at radius 1 is 0.690 bits per heavy atom. The van der Waals surface area contributed by atoms with Crippen LogP contribution in [0.1, 0.15) is 40.1 Å². The van der Waals surface area contributed by atoms with Crippen LogP contribution >= 0.6 is 0 Å². The molecular formula is C25H18FNO2. The topological polar surface area (TPSA) is 57.9 Å². The van der Waals surface area contributed by atoms with E-state index in [-0.39, 0.29) is 17.4 Å². The highest BCUT2D eigenvalue weighted by Crippen LogP contribution is 2.23. The largest absolute Gasteiger partial charge is 0.294 e. The van der Waals surface area contributed by atoms with E-state index in [4.69, 9.17) is 5.26 Å². The SMILES string of the molecule is CC(=O)c1ccc(C#N)c2ccccc12.CC(=O)c1ccc(F)c2ccccc12. The van der Waals surface area contributed by atoms with Crippen molar-refractivity contribution in [2.45, 2.75) is 13.8 Å². The number of benzene rings is 4. The van der Waals surface area contributed by atoms with Crippen molar-refractivity contribution in [2.24, 2.45) is 0 Å². The highest BCUT2D eigenvalue weighted by molar-refractivity contribution is 6.08. The summed E-state index contributed by atoms with van der Waals surface area (Å²) >= 11 is 0. The van der Waals surface area contributed by atoms with Gasteiger partial charge < -0.3 is 0 Å². The molecule has 0 aliphatic rings. The number of halogens is 1. The van der Waals surface area contributed by atoms with Crippen LogP contribution in [0, 0.1) is 17.1 Å². The minimum absolute atomic E-state index is 0.0238. The quantitative estimate of drug-likeness (QED) is 0.393. The lowest BCUT2D eigenvalue weighted by Crippen LogP contribution is -1.94. The molecule has 4 aromatic carbocycles. The fourth-order valence-corrected chi connectivity index (χ4v) is 3.27. The van der Waals surface area contributed by atoms with Crippen LogP contribution in [0.15, 0.2) is 72.8 Å². The van der Waals surface area contributed by atoms with Gasteiger partial charge in [-0.1, -0.05) is 48.5 Å². The van der Waals surface area contributed by atoms with E-state index in [0.717, 1.165) is 10.8 Å². The highest BCUT2D eigenvalue weighted by atomic mass is 19.1. The van der Waals surface area contributed by atoms with Crippen molar-refractivity contribution in [1.82, 2.24) is 0 Å². The number of fused-ring (bicyclic) bond motifs is 2. The third kappa shape index (κ3) is 4.04. The predicted octanol–water partition coefficient (Wildman–Crippen LogP) is 6.10. The average molecular weight is 383 g/mol. The summed E-state index contributed by atoms with van der Waals surface area (Å²) in [7, 11) is 0. The second-order valence-corrected chi connectivity index (χ2v) is 6.57. The van der Waals surface area contributed by atoms with Gasteiger partial charge in [-0.15, -0.1) is 0 Å². The van der Waals surface area contributed by atoms with E-state index >= 15 is 0 Å². The van der Waals surface area contributed by atoms with Gasteiger partial charge in [0.05, 0.1) is 11.6 Å². The Morgan fingerprint density at radius 2 is 1.14 bits per heavy atom. The number of hydrogen-bond acceptors (Lipinski definition) is 3. The number of carbonyl (C=O) groups is 2. The molecule has 29 heavy (non-hydrogen) atoms. The minimum atomic E-state index is -0.286. The molecule has 0 saturated heterocycles. The Kier molecular flexibility index (Phi) is 5.80. The second-order valence-electron chi connectivity index (χ2n) is 6.57. The number of ketones is 2. The first-order valence-corrected chi connectivity index (χ1v) is 9.05. The van der Waals surface area contributed by atoms with Gasteiger partial charge in [0.2, 0.25) is 0 Å². The van der Waals surface area contributed by atoms with Crippen molar-refractivity contribution in [3.63, 3.8) is 0 Å². The molecule has 0 spiro atoms. The van der Waals surface area contributed by atoms with E-state index < -0.39 is 0 Å². The van der Waals surface area contributed by atoms with Gasteiger partial charge >= 0.3 is 0 Å². The number of rotatable bonds is 2. The molecule has 0 saturated carbocycles. The zero-order chi connectivity index (χ0) is 21.0. The summed E-state index contributed by atoms with van der Waals surface area (Å²) in [5.74, 6) is -0.303. The molecule has 3 nitrogen and oxygen atoms in total. The van der Waals surface area contributed by atoms with Gasteiger partial charge in [0.25, 0.3) is 0 Å². The standard InChI is InChI=1S/C13H9NO.C12H9FO/c1-9(15)11-7-6-10(8-14)12-4-2-3-5-13(11)12;1-8(14)9-6-7-12(13)11-5-3-2-4-10(9)11/h2-7H,1H3;2-7H,1H3. The average Bonchev–Trinajstić information content (AvgIpc) is 2.73. The van der Waals surface area contributed by atoms with E-state index in [2.05, 4.69) is 6.07 Å². The maximum atomic E-state index is 13.3. The van der Waals surface area contributed by atoms with Crippen LogP contribution in [-0.4, -0.2) is 11.6 Å². The predicted molar refractivity (Wildman–Crippen MR) is 113 cm³/mol. The first-order chi connectivity index (χ1) is 13.9. The Hall–Kier alpha value is -3.84. The number of Topliss-reactive ketones (excluding diaryl/α,β-unsaturated/α-hetero) is 2. The third-order valence-electron chi connectivity index (χ3n) is 4.67. The molecule has 0 aliphatic carbocycles. The summed E-state index contributed by atoms with van der Waals surface area (Å²) in [5.41, 5.74) is 1.85. The molecule has 0 fully saturated rings. The fourth-order valence-electron chi connectivity index (χ4n) is 3.27. The summed E-state index contributed by atoms with van der Waals surface area (Å²) in [6.07, 6.45) is 0. The highest BCUT2D eigenvalue weighted by Gasteiger charge is 2.08. The van der Waals surface area contributed by atoms with E-state index in [1.54, 1.807) is 36.4 Å². The van der Waals surface area contributed by atoms with Crippen LogP contribution in [-0.2, 0) is 0 Å². The second kappa shape index (κ2) is 8.45. The van der Waals surface area contributed by atoms with Gasteiger partial charge in [0.1, 0.15) is 5.82 Å². The zero-order valence-corrected chi connectivity index (χ0v) is 16.1. The molecule has 0 amide bonds. The first kappa shape index (κ1) is 19.9. The van der Waals surface area contributed by atoms with Crippen LogP contribution in [0.25, 0.3) is 21.5 Å². The number of nitriles is 1. The van der Waals surface area contributed by atoms with Crippen molar-refractivity contribution >= 4 is 33.1 Å². The van der Waals surface area contributed by atoms with E-state index in [1.807, 2.05) is 24.3 Å². The molecule has 0 radical (unpaired) electrons. The number of carbonyl (C=O) groups excluding carboxylic acids is 2. The molecule has 0 aliphatic heterocycles. The van der Waals surface area contributed by atoms with Gasteiger partial charge in [0, 0.05) is 21.9 Å². The molecule has 142 valence electrons. The Balaban J connectivity index is 0.000000166. The summed E-state index contributed by atoms with van der Waals surface area (Å²) < 4.78 is 13.3. The minimum Gasteiger partial charge on any atom is -0.294 e. The van der Waals surface area contributed by atoms with Crippen LogP contribution in [0.2, 0.25) is 0 Å². The third-order valence-corrected chi connectivity index (χ3v) is 4.67. The lowest BCUT2D eigenvalue weighted by Gasteiger charge is -2.04. The van der Waals surface area contributed by atoms with Crippen molar-refractivity contribution < 1.29 is 14.0 Å². The smallest absolute Gasteiger partial charge is 0.160 e. The first-order valence-electron chi connectivity index (χ1n) is 9.05. The van der Waals surface area contributed by atoms with Gasteiger partial charge in [-0.05, 0) is 48.9 Å². The van der Waals surface area contributed by atoms with Gasteiger partial charge in [-0.25, -0.2) is 4.39 Å².